The lowest BCUT2D eigenvalue weighted by Gasteiger charge is -2.36. The Kier molecular flexibility index (Phi) is 7.85. The summed E-state index contributed by atoms with van der Waals surface area (Å²) in [5, 5.41) is 0. The molecule has 0 heterocycles. The molecule has 2 heteroatoms. The molecule has 0 aliphatic carbocycles. The van der Waals surface area contributed by atoms with Gasteiger partial charge >= 0.3 is 0 Å². The topological polar surface area (TPSA) is 20.3 Å². The number of carbonyl (C=O) groups excluding carboxylic acids is 1. The van der Waals surface area contributed by atoms with Crippen LogP contribution in [0.1, 0.15) is 68.2 Å². The molecule has 20 heavy (non-hydrogen) atoms. The Bertz CT molecular complexity index is 365. The first-order chi connectivity index (χ1) is 9.05. The molecular weight excluding hydrogens is 246 g/mol. The minimum absolute atomic E-state index is 0.0496. The largest absolute Gasteiger partial charge is 0.334 e. The number of carbonyl (C=O) groups is 1. The Balaban J connectivity index is 4.68. The van der Waals surface area contributed by atoms with Crippen LogP contribution in [0.5, 0.6) is 0 Å². The molecule has 0 rings (SSSR count). The summed E-state index contributed by atoms with van der Waals surface area (Å²) in [4.78, 5) is 14.3. The summed E-state index contributed by atoms with van der Waals surface area (Å²) in [6.07, 6.45) is 6.61. The molecule has 1 amide bonds. The number of nitrogens with zero attached hydrogens (tertiary/aromatic N) is 1. The molecule has 0 atom stereocenters. The van der Waals surface area contributed by atoms with E-state index in [1.54, 1.807) is 0 Å². The van der Waals surface area contributed by atoms with E-state index in [0.29, 0.717) is 6.54 Å². The van der Waals surface area contributed by atoms with Crippen LogP contribution in [-0.4, -0.2) is 22.9 Å². The average molecular weight is 279 g/mol. The van der Waals surface area contributed by atoms with E-state index in [1.807, 2.05) is 18.7 Å². The summed E-state index contributed by atoms with van der Waals surface area (Å²) in [6.45, 7) is 17.3. The number of allylic oxidation sites excluding steroid dienone is 3. The first-order valence-electron chi connectivity index (χ1n) is 7.66. The molecule has 0 aromatic heterocycles. The van der Waals surface area contributed by atoms with Crippen molar-refractivity contribution < 1.29 is 4.79 Å². The number of rotatable bonds is 6. The zero-order valence-electron chi connectivity index (χ0n) is 14.7. The van der Waals surface area contributed by atoms with Crippen molar-refractivity contribution in [3.63, 3.8) is 0 Å². The first-order valence-corrected chi connectivity index (χ1v) is 7.66. The average Bonchev–Trinajstić information content (AvgIpc) is 2.26. The van der Waals surface area contributed by atoms with Crippen LogP contribution >= 0.6 is 0 Å². The zero-order valence-corrected chi connectivity index (χ0v) is 14.7. The van der Waals surface area contributed by atoms with Gasteiger partial charge in [0.2, 0.25) is 5.91 Å². The third kappa shape index (κ3) is 7.52. The molecule has 0 aromatic carbocycles. The highest BCUT2D eigenvalue weighted by atomic mass is 16.2. The van der Waals surface area contributed by atoms with Crippen LogP contribution < -0.4 is 0 Å². The predicted octanol–water partition coefficient (Wildman–Crippen LogP) is 4.96. The van der Waals surface area contributed by atoms with Crippen molar-refractivity contribution in [3.8, 4) is 0 Å². The second kappa shape index (κ2) is 8.28. The quantitative estimate of drug-likeness (QED) is 0.629. The fourth-order valence-electron chi connectivity index (χ4n) is 1.94. The number of hydrogen-bond donors (Lipinski definition) is 0. The summed E-state index contributed by atoms with van der Waals surface area (Å²) in [5.74, 6) is 0.277. The van der Waals surface area contributed by atoms with Crippen molar-refractivity contribution in [3.05, 3.63) is 23.3 Å². The highest BCUT2D eigenvalue weighted by Crippen LogP contribution is 2.17. The molecule has 2 nitrogen and oxygen atoms in total. The van der Waals surface area contributed by atoms with Gasteiger partial charge < -0.3 is 4.90 Å². The van der Waals surface area contributed by atoms with Crippen molar-refractivity contribution in [1.82, 2.24) is 4.90 Å². The molecule has 0 aliphatic rings. The molecule has 0 aliphatic heterocycles. The van der Waals surface area contributed by atoms with Crippen LogP contribution in [0, 0.1) is 5.92 Å². The highest BCUT2D eigenvalue weighted by Gasteiger charge is 2.26. The molecule has 116 valence electrons. The van der Waals surface area contributed by atoms with Crippen LogP contribution in [0.2, 0.25) is 0 Å². The van der Waals surface area contributed by atoms with Crippen LogP contribution in [0.25, 0.3) is 0 Å². The molecule has 0 saturated carbocycles. The third-order valence-electron chi connectivity index (χ3n) is 3.28. The van der Waals surface area contributed by atoms with E-state index in [9.17, 15) is 4.79 Å². The zero-order chi connectivity index (χ0) is 15.9. The van der Waals surface area contributed by atoms with Crippen LogP contribution in [0.15, 0.2) is 23.3 Å². The Morgan fingerprint density at radius 1 is 1.10 bits per heavy atom. The lowest BCUT2D eigenvalue weighted by molar-refractivity contribution is -0.138. The molecule has 0 unspecified atom stereocenters. The fraction of sp³-hybridized carbons (Fsp3) is 0.722. The van der Waals surface area contributed by atoms with Crippen molar-refractivity contribution >= 4 is 5.91 Å². The Labute approximate surface area is 125 Å². The van der Waals surface area contributed by atoms with E-state index in [4.69, 9.17) is 0 Å². The van der Waals surface area contributed by atoms with E-state index < -0.39 is 0 Å². The van der Waals surface area contributed by atoms with Crippen molar-refractivity contribution in [2.75, 3.05) is 6.54 Å². The van der Waals surface area contributed by atoms with Gasteiger partial charge in [-0.3, -0.25) is 4.79 Å². The lowest BCUT2D eigenvalue weighted by atomic mass is 10.0. The van der Waals surface area contributed by atoms with Crippen molar-refractivity contribution in [2.45, 2.75) is 73.8 Å². The van der Waals surface area contributed by atoms with Gasteiger partial charge in [0, 0.05) is 18.0 Å². The molecule has 0 fully saturated rings. The van der Waals surface area contributed by atoms with Gasteiger partial charge in [0.1, 0.15) is 0 Å². The normalized spacial score (nSPS) is 12.6. The monoisotopic (exact) mass is 279 g/mol. The van der Waals surface area contributed by atoms with Gasteiger partial charge in [0.25, 0.3) is 0 Å². The van der Waals surface area contributed by atoms with Gasteiger partial charge in [-0.1, -0.05) is 37.1 Å². The van der Waals surface area contributed by atoms with Gasteiger partial charge in [-0.15, -0.1) is 0 Å². The molecule has 0 radical (unpaired) electrons. The highest BCUT2D eigenvalue weighted by molar-refractivity contribution is 5.79. The minimum atomic E-state index is -0.127. The van der Waals surface area contributed by atoms with Crippen LogP contribution in [0.4, 0.5) is 0 Å². The summed E-state index contributed by atoms with van der Waals surface area (Å²) < 4.78 is 0. The Hall–Kier alpha value is -1.05. The fourth-order valence-corrected chi connectivity index (χ4v) is 1.94. The van der Waals surface area contributed by atoms with Gasteiger partial charge in [-0.25, -0.2) is 0 Å². The maximum absolute atomic E-state index is 12.3. The number of hydrogen-bond acceptors (Lipinski definition) is 1. The lowest BCUT2D eigenvalue weighted by Crippen LogP contribution is -2.47. The van der Waals surface area contributed by atoms with Crippen LogP contribution in [0.3, 0.4) is 0 Å². The maximum atomic E-state index is 12.3. The molecule has 0 spiro atoms. The minimum Gasteiger partial charge on any atom is -0.334 e. The smallest absolute Gasteiger partial charge is 0.225 e. The first kappa shape index (κ1) is 18.9. The molecule has 0 saturated heterocycles. The summed E-state index contributed by atoms with van der Waals surface area (Å²) >= 11 is 0. The summed E-state index contributed by atoms with van der Waals surface area (Å²) in [5.41, 5.74) is 2.59. The van der Waals surface area contributed by atoms with Gasteiger partial charge in [0.15, 0.2) is 0 Å². The molecule has 0 aromatic rings. The Morgan fingerprint density at radius 3 is 2.05 bits per heavy atom. The van der Waals surface area contributed by atoms with Crippen molar-refractivity contribution in [2.24, 2.45) is 5.92 Å². The van der Waals surface area contributed by atoms with E-state index in [-0.39, 0.29) is 17.4 Å². The van der Waals surface area contributed by atoms with Gasteiger partial charge in [-0.05, 0) is 54.4 Å². The van der Waals surface area contributed by atoms with Gasteiger partial charge in [0.05, 0.1) is 0 Å². The third-order valence-corrected chi connectivity index (χ3v) is 3.28. The standard InChI is InChI=1S/C18H33NO/c1-14(2)10-9-11-16(5)12-13-19(18(6,7)8)17(20)15(3)4/h10,12,15H,9,11,13H2,1-8H3/b16-12+. The van der Waals surface area contributed by atoms with Gasteiger partial charge in [-0.2, -0.15) is 0 Å². The second-order valence-corrected chi connectivity index (χ2v) is 7.14. The molecule has 0 bridgehead atoms. The summed E-state index contributed by atoms with van der Waals surface area (Å²) in [6, 6.07) is 0. The van der Waals surface area contributed by atoms with Crippen LogP contribution in [-0.2, 0) is 4.79 Å². The number of amides is 1. The molecule has 0 N–H and O–H groups in total. The summed E-state index contributed by atoms with van der Waals surface area (Å²) in [7, 11) is 0. The second-order valence-electron chi connectivity index (χ2n) is 7.14. The van der Waals surface area contributed by atoms with E-state index >= 15 is 0 Å². The van der Waals surface area contributed by atoms with E-state index in [0.717, 1.165) is 12.8 Å². The molecular formula is C18H33NO. The predicted molar refractivity (Wildman–Crippen MR) is 88.7 cm³/mol. The SMILES string of the molecule is CC(C)=CCC/C(C)=C/CN(C(=O)C(C)C)C(C)(C)C. The maximum Gasteiger partial charge on any atom is 0.225 e. The van der Waals surface area contributed by atoms with E-state index in [2.05, 4.69) is 53.7 Å². The van der Waals surface area contributed by atoms with Crippen molar-refractivity contribution in [1.29, 1.82) is 0 Å². The van der Waals surface area contributed by atoms with E-state index in [1.165, 1.54) is 11.1 Å². The Morgan fingerprint density at radius 2 is 1.65 bits per heavy atom.